The average molecular weight is 320 g/mol. The molecule has 19 heavy (non-hydrogen) atoms. The topological polar surface area (TPSA) is 20.2 Å². The van der Waals surface area contributed by atoms with Gasteiger partial charge in [-0.05, 0) is 35.4 Å². The zero-order valence-electron chi connectivity index (χ0n) is 9.71. The molecule has 0 heterocycles. The summed E-state index contributed by atoms with van der Waals surface area (Å²) >= 11 is 17.4. The van der Waals surface area contributed by atoms with Crippen molar-refractivity contribution in [2.45, 2.75) is 12.5 Å². The van der Waals surface area contributed by atoms with Crippen molar-refractivity contribution in [1.82, 2.24) is 0 Å². The molecule has 0 aromatic heterocycles. The predicted octanol–water partition coefficient (Wildman–Crippen LogP) is 5.06. The summed E-state index contributed by atoms with van der Waals surface area (Å²) in [5.41, 5.74) is 1.20. The minimum absolute atomic E-state index is 0.0282. The van der Waals surface area contributed by atoms with Crippen LogP contribution in [0, 0.1) is 5.82 Å². The van der Waals surface area contributed by atoms with Crippen LogP contribution in [0.2, 0.25) is 15.1 Å². The largest absolute Gasteiger partial charge is 0.388 e. The molecule has 0 radical (unpaired) electrons. The van der Waals surface area contributed by atoms with Crippen molar-refractivity contribution in [3.8, 4) is 0 Å². The number of hydrogen-bond donors (Lipinski definition) is 1. The molecule has 1 atom stereocenters. The van der Waals surface area contributed by atoms with Gasteiger partial charge >= 0.3 is 0 Å². The summed E-state index contributed by atoms with van der Waals surface area (Å²) in [6, 6.07) is 9.25. The molecule has 0 saturated carbocycles. The quantitative estimate of drug-likeness (QED) is 0.838. The van der Waals surface area contributed by atoms with Gasteiger partial charge in [-0.3, -0.25) is 0 Å². The van der Waals surface area contributed by atoms with Gasteiger partial charge in [-0.25, -0.2) is 4.39 Å². The van der Waals surface area contributed by atoms with Crippen LogP contribution in [-0.4, -0.2) is 5.11 Å². The summed E-state index contributed by atoms with van der Waals surface area (Å²) in [6.45, 7) is 0. The zero-order valence-corrected chi connectivity index (χ0v) is 12.0. The third-order valence-corrected chi connectivity index (χ3v) is 3.65. The highest BCUT2D eigenvalue weighted by molar-refractivity contribution is 6.35. The molecule has 2 aromatic carbocycles. The lowest BCUT2D eigenvalue weighted by atomic mass is 10.0. The van der Waals surface area contributed by atoms with Gasteiger partial charge in [0.25, 0.3) is 0 Å². The SMILES string of the molecule is OC(Cc1ccc(Cl)cc1Cl)c1ccc(Cl)c(F)c1. The summed E-state index contributed by atoms with van der Waals surface area (Å²) in [5, 5.41) is 11.1. The second-order valence-electron chi connectivity index (χ2n) is 4.13. The molecule has 0 bridgehead atoms. The Morgan fingerprint density at radius 1 is 1.00 bits per heavy atom. The van der Waals surface area contributed by atoms with E-state index in [0.29, 0.717) is 15.6 Å². The summed E-state index contributed by atoms with van der Waals surface area (Å²) in [6.07, 6.45) is -0.581. The van der Waals surface area contributed by atoms with E-state index in [-0.39, 0.29) is 11.4 Å². The van der Waals surface area contributed by atoms with Crippen molar-refractivity contribution in [2.75, 3.05) is 0 Å². The van der Waals surface area contributed by atoms with Crippen LogP contribution in [0.25, 0.3) is 0 Å². The average Bonchev–Trinajstić information content (AvgIpc) is 2.36. The molecule has 0 fully saturated rings. The molecule has 0 aliphatic heterocycles. The minimum atomic E-state index is -0.856. The second kappa shape index (κ2) is 6.10. The fourth-order valence-electron chi connectivity index (χ4n) is 1.73. The van der Waals surface area contributed by atoms with E-state index in [1.165, 1.54) is 12.1 Å². The molecule has 100 valence electrons. The Bertz CT molecular complexity index is 601. The van der Waals surface area contributed by atoms with E-state index in [4.69, 9.17) is 34.8 Å². The first-order chi connectivity index (χ1) is 8.97. The van der Waals surface area contributed by atoms with E-state index >= 15 is 0 Å². The highest BCUT2D eigenvalue weighted by Crippen LogP contribution is 2.27. The van der Waals surface area contributed by atoms with Crippen LogP contribution in [0.3, 0.4) is 0 Å². The Morgan fingerprint density at radius 2 is 1.74 bits per heavy atom. The fraction of sp³-hybridized carbons (Fsp3) is 0.143. The zero-order chi connectivity index (χ0) is 14.0. The summed E-state index contributed by atoms with van der Waals surface area (Å²) < 4.78 is 13.3. The van der Waals surface area contributed by atoms with E-state index in [1.807, 2.05) is 0 Å². The number of benzene rings is 2. The molecule has 0 aliphatic rings. The lowest BCUT2D eigenvalue weighted by molar-refractivity contribution is 0.178. The van der Waals surface area contributed by atoms with Gasteiger partial charge < -0.3 is 5.11 Å². The van der Waals surface area contributed by atoms with E-state index < -0.39 is 11.9 Å². The molecule has 2 rings (SSSR count). The monoisotopic (exact) mass is 318 g/mol. The van der Waals surface area contributed by atoms with Crippen LogP contribution in [-0.2, 0) is 6.42 Å². The van der Waals surface area contributed by atoms with Gasteiger partial charge in [0.05, 0.1) is 11.1 Å². The smallest absolute Gasteiger partial charge is 0.142 e. The highest BCUT2D eigenvalue weighted by Gasteiger charge is 2.13. The van der Waals surface area contributed by atoms with Crippen molar-refractivity contribution in [2.24, 2.45) is 0 Å². The van der Waals surface area contributed by atoms with Crippen LogP contribution >= 0.6 is 34.8 Å². The van der Waals surface area contributed by atoms with Crippen LogP contribution in [0.15, 0.2) is 36.4 Å². The van der Waals surface area contributed by atoms with Gasteiger partial charge in [-0.1, -0.05) is 46.9 Å². The first-order valence-corrected chi connectivity index (χ1v) is 6.67. The number of halogens is 4. The number of rotatable bonds is 3. The van der Waals surface area contributed by atoms with Gasteiger partial charge in [0.15, 0.2) is 0 Å². The van der Waals surface area contributed by atoms with Crippen molar-refractivity contribution >= 4 is 34.8 Å². The van der Waals surface area contributed by atoms with Gasteiger partial charge in [-0.15, -0.1) is 0 Å². The molecule has 0 aliphatic carbocycles. The summed E-state index contributed by atoms with van der Waals surface area (Å²) in [5.74, 6) is -0.555. The van der Waals surface area contributed by atoms with E-state index in [2.05, 4.69) is 0 Å². The van der Waals surface area contributed by atoms with E-state index in [9.17, 15) is 9.50 Å². The van der Waals surface area contributed by atoms with E-state index in [0.717, 1.165) is 5.56 Å². The molecule has 0 saturated heterocycles. The Morgan fingerprint density at radius 3 is 2.37 bits per heavy atom. The second-order valence-corrected chi connectivity index (χ2v) is 5.38. The third kappa shape index (κ3) is 3.61. The van der Waals surface area contributed by atoms with Crippen molar-refractivity contribution < 1.29 is 9.50 Å². The van der Waals surface area contributed by atoms with Crippen LogP contribution in [0.1, 0.15) is 17.2 Å². The number of hydrogen-bond acceptors (Lipinski definition) is 1. The molecule has 1 nitrogen and oxygen atoms in total. The van der Waals surface area contributed by atoms with Crippen molar-refractivity contribution in [3.63, 3.8) is 0 Å². The van der Waals surface area contributed by atoms with Crippen LogP contribution in [0.4, 0.5) is 4.39 Å². The molecule has 1 N–H and O–H groups in total. The van der Waals surface area contributed by atoms with Gasteiger partial charge in [0, 0.05) is 16.5 Å². The third-order valence-electron chi connectivity index (χ3n) is 2.76. The number of aliphatic hydroxyl groups is 1. The Labute approximate surface area is 125 Å². The lowest BCUT2D eigenvalue weighted by Gasteiger charge is -2.13. The minimum Gasteiger partial charge on any atom is -0.388 e. The fourth-order valence-corrected chi connectivity index (χ4v) is 2.34. The highest BCUT2D eigenvalue weighted by atomic mass is 35.5. The molecule has 0 amide bonds. The first kappa shape index (κ1) is 14.6. The normalized spacial score (nSPS) is 12.5. The molecular weight excluding hydrogens is 310 g/mol. The Balaban J connectivity index is 2.20. The summed E-state index contributed by atoms with van der Waals surface area (Å²) in [4.78, 5) is 0. The lowest BCUT2D eigenvalue weighted by Crippen LogP contribution is -2.03. The van der Waals surface area contributed by atoms with Crippen LogP contribution in [0.5, 0.6) is 0 Å². The van der Waals surface area contributed by atoms with Gasteiger partial charge in [-0.2, -0.15) is 0 Å². The maximum Gasteiger partial charge on any atom is 0.142 e. The Hall–Kier alpha value is -0.800. The van der Waals surface area contributed by atoms with Crippen molar-refractivity contribution in [1.29, 1.82) is 0 Å². The van der Waals surface area contributed by atoms with E-state index in [1.54, 1.807) is 24.3 Å². The molecule has 5 heteroatoms. The maximum absolute atomic E-state index is 13.3. The summed E-state index contributed by atoms with van der Waals surface area (Å²) in [7, 11) is 0. The standard InChI is InChI=1S/C14H10Cl3FO/c15-10-3-1-8(12(17)7-10)6-14(19)9-2-4-11(16)13(18)5-9/h1-5,7,14,19H,6H2. The first-order valence-electron chi connectivity index (χ1n) is 5.54. The van der Waals surface area contributed by atoms with Gasteiger partial charge in [0.1, 0.15) is 5.82 Å². The van der Waals surface area contributed by atoms with Crippen molar-refractivity contribution in [3.05, 3.63) is 68.4 Å². The molecule has 0 spiro atoms. The number of aliphatic hydroxyl groups excluding tert-OH is 1. The predicted molar refractivity (Wildman–Crippen MR) is 76.5 cm³/mol. The Kier molecular flexibility index (Phi) is 4.69. The van der Waals surface area contributed by atoms with Crippen LogP contribution < -0.4 is 0 Å². The molecular formula is C14H10Cl3FO. The molecule has 2 aromatic rings. The van der Waals surface area contributed by atoms with Gasteiger partial charge in [0.2, 0.25) is 0 Å². The maximum atomic E-state index is 13.3. The molecule has 1 unspecified atom stereocenters.